The lowest BCUT2D eigenvalue weighted by atomic mass is 10.0. The highest BCUT2D eigenvalue weighted by Crippen LogP contribution is 2.34. The fourth-order valence-electron chi connectivity index (χ4n) is 3.79. The second-order valence-electron chi connectivity index (χ2n) is 7.09. The second kappa shape index (κ2) is 6.57. The highest BCUT2D eigenvalue weighted by Gasteiger charge is 2.43. The number of benzene rings is 1. The molecule has 0 spiro atoms. The number of ether oxygens (including phenoxy) is 1. The van der Waals surface area contributed by atoms with E-state index in [0.29, 0.717) is 19.0 Å². The summed E-state index contributed by atoms with van der Waals surface area (Å²) in [6.45, 7) is 2.67. The van der Waals surface area contributed by atoms with Crippen molar-refractivity contribution in [3.8, 4) is 0 Å². The summed E-state index contributed by atoms with van der Waals surface area (Å²) in [6.07, 6.45) is -2.88. The molecule has 1 aromatic carbocycles. The van der Waals surface area contributed by atoms with Gasteiger partial charge in [-0.15, -0.1) is 0 Å². The molecule has 0 aliphatic carbocycles. The first-order chi connectivity index (χ1) is 12.0. The van der Waals surface area contributed by atoms with Crippen LogP contribution in [0.1, 0.15) is 30.0 Å². The molecule has 3 heterocycles. The quantitative estimate of drug-likeness (QED) is 0.833. The number of alkyl halides is 3. The van der Waals surface area contributed by atoms with Crippen molar-refractivity contribution in [2.24, 2.45) is 5.92 Å². The summed E-state index contributed by atoms with van der Waals surface area (Å²) in [4.78, 5) is 6.62. The maximum atomic E-state index is 12.8. The predicted molar refractivity (Wildman–Crippen MR) is 89.4 cm³/mol. The van der Waals surface area contributed by atoms with Crippen LogP contribution in [0.25, 0.3) is 10.9 Å². The topological polar surface area (TPSA) is 25.4 Å². The van der Waals surface area contributed by atoms with E-state index in [-0.39, 0.29) is 13.0 Å². The molecular weight excluding hydrogens is 329 g/mol. The van der Waals surface area contributed by atoms with Crippen molar-refractivity contribution >= 4 is 10.9 Å². The zero-order valence-corrected chi connectivity index (χ0v) is 13.9. The number of halogens is 3. The minimum atomic E-state index is -4.08. The SMILES string of the molecule is FC(F)(F)C1CCN(Cc2ccc3nc(C4CCOC4)ccc3c2)C1. The molecule has 2 saturated heterocycles. The van der Waals surface area contributed by atoms with Crippen molar-refractivity contribution in [2.45, 2.75) is 31.5 Å². The van der Waals surface area contributed by atoms with Gasteiger partial charge in [-0.3, -0.25) is 9.88 Å². The van der Waals surface area contributed by atoms with Crippen LogP contribution < -0.4 is 0 Å². The molecule has 25 heavy (non-hydrogen) atoms. The van der Waals surface area contributed by atoms with Crippen LogP contribution in [0.5, 0.6) is 0 Å². The minimum absolute atomic E-state index is 0.0976. The molecule has 0 radical (unpaired) electrons. The summed E-state index contributed by atoms with van der Waals surface area (Å²) in [5, 5.41) is 1.03. The first kappa shape index (κ1) is 16.8. The zero-order chi connectivity index (χ0) is 17.4. The van der Waals surface area contributed by atoms with E-state index in [4.69, 9.17) is 9.72 Å². The Kier molecular flexibility index (Phi) is 4.41. The third kappa shape index (κ3) is 3.65. The Balaban J connectivity index is 1.47. The van der Waals surface area contributed by atoms with Crippen molar-refractivity contribution in [3.63, 3.8) is 0 Å². The van der Waals surface area contributed by atoms with E-state index in [2.05, 4.69) is 6.07 Å². The van der Waals surface area contributed by atoms with Crippen LogP contribution in [0.2, 0.25) is 0 Å². The van der Waals surface area contributed by atoms with Crippen LogP contribution in [-0.2, 0) is 11.3 Å². The molecule has 2 unspecified atom stereocenters. The van der Waals surface area contributed by atoms with Gasteiger partial charge in [-0.05, 0) is 43.1 Å². The molecule has 2 aliphatic heterocycles. The molecule has 4 rings (SSSR count). The van der Waals surface area contributed by atoms with Crippen LogP contribution >= 0.6 is 0 Å². The first-order valence-electron chi connectivity index (χ1n) is 8.75. The maximum Gasteiger partial charge on any atom is 0.393 e. The van der Waals surface area contributed by atoms with Gasteiger partial charge in [0.05, 0.1) is 18.0 Å². The normalized spacial score (nSPS) is 25.1. The Morgan fingerprint density at radius 2 is 2.04 bits per heavy atom. The van der Waals surface area contributed by atoms with Gasteiger partial charge >= 0.3 is 6.18 Å². The van der Waals surface area contributed by atoms with Gasteiger partial charge in [0.25, 0.3) is 0 Å². The van der Waals surface area contributed by atoms with E-state index < -0.39 is 12.1 Å². The molecule has 1 aromatic heterocycles. The van der Waals surface area contributed by atoms with E-state index in [0.717, 1.165) is 41.8 Å². The van der Waals surface area contributed by atoms with Gasteiger partial charge in [-0.25, -0.2) is 0 Å². The number of likely N-dealkylation sites (tertiary alicyclic amines) is 1. The van der Waals surface area contributed by atoms with E-state index in [9.17, 15) is 13.2 Å². The molecule has 0 N–H and O–H groups in total. The molecule has 0 bridgehead atoms. The number of hydrogen-bond acceptors (Lipinski definition) is 3. The average molecular weight is 350 g/mol. The number of pyridine rings is 1. The summed E-state index contributed by atoms with van der Waals surface area (Å²) in [7, 11) is 0. The molecule has 2 fully saturated rings. The Morgan fingerprint density at radius 1 is 1.16 bits per heavy atom. The first-order valence-corrected chi connectivity index (χ1v) is 8.75. The van der Waals surface area contributed by atoms with E-state index >= 15 is 0 Å². The summed E-state index contributed by atoms with van der Waals surface area (Å²) in [5.74, 6) is -0.821. The van der Waals surface area contributed by atoms with Gasteiger partial charge in [0.2, 0.25) is 0 Å². The molecule has 0 amide bonds. The number of fused-ring (bicyclic) bond motifs is 1. The summed E-state index contributed by atoms with van der Waals surface area (Å²) in [6, 6.07) is 10.1. The van der Waals surface area contributed by atoms with Gasteiger partial charge in [-0.2, -0.15) is 13.2 Å². The molecule has 6 heteroatoms. The molecule has 2 atom stereocenters. The number of hydrogen-bond donors (Lipinski definition) is 0. The van der Waals surface area contributed by atoms with Gasteiger partial charge in [0.15, 0.2) is 0 Å². The van der Waals surface area contributed by atoms with Crippen molar-refractivity contribution in [1.82, 2.24) is 9.88 Å². The van der Waals surface area contributed by atoms with Crippen molar-refractivity contribution < 1.29 is 17.9 Å². The monoisotopic (exact) mass is 350 g/mol. The van der Waals surface area contributed by atoms with Crippen molar-refractivity contribution in [1.29, 1.82) is 0 Å². The second-order valence-corrected chi connectivity index (χ2v) is 7.09. The molecule has 0 saturated carbocycles. The summed E-state index contributed by atoms with van der Waals surface area (Å²) in [5.41, 5.74) is 3.03. The number of nitrogens with zero attached hydrogens (tertiary/aromatic N) is 2. The molecular formula is C19H21F3N2O. The molecule has 2 aliphatic rings. The number of aromatic nitrogens is 1. The maximum absolute atomic E-state index is 12.8. The van der Waals surface area contributed by atoms with Crippen LogP contribution in [0.3, 0.4) is 0 Å². The van der Waals surface area contributed by atoms with Crippen LogP contribution in [-0.4, -0.2) is 42.4 Å². The van der Waals surface area contributed by atoms with Crippen molar-refractivity contribution in [3.05, 3.63) is 41.6 Å². The predicted octanol–water partition coefficient (Wildman–Crippen LogP) is 4.12. The fraction of sp³-hybridized carbons (Fsp3) is 0.526. The van der Waals surface area contributed by atoms with Crippen LogP contribution in [0.4, 0.5) is 13.2 Å². The average Bonchev–Trinajstić information content (AvgIpc) is 3.25. The Labute approximate surface area is 144 Å². The minimum Gasteiger partial charge on any atom is -0.381 e. The third-order valence-corrected chi connectivity index (χ3v) is 5.26. The van der Waals surface area contributed by atoms with Crippen LogP contribution in [0, 0.1) is 5.92 Å². The van der Waals surface area contributed by atoms with Gasteiger partial charge in [-0.1, -0.05) is 12.1 Å². The lowest BCUT2D eigenvalue weighted by Gasteiger charge is -2.18. The molecule has 2 aromatic rings. The summed E-state index contributed by atoms with van der Waals surface area (Å²) < 4.78 is 43.8. The Morgan fingerprint density at radius 3 is 2.76 bits per heavy atom. The van der Waals surface area contributed by atoms with E-state index in [1.807, 2.05) is 29.2 Å². The highest BCUT2D eigenvalue weighted by molar-refractivity contribution is 5.79. The third-order valence-electron chi connectivity index (χ3n) is 5.26. The van der Waals surface area contributed by atoms with Crippen molar-refractivity contribution in [2.75, 3.05) is 26.3 Å². The Bertz CT molecular complexity index is 756. The largest absolute Gasteiger partial charge is 0.393 e. The lowest BCUT2D eigenvalue weighted by Crippen LogP contribution is -2.27. The van der Waals surface area contributed by atoms with Gasteiger partial charge < -0.3 is 4.74 Å². The standard InChI is InChI=1S/C19H21F3N2O/c20-19(21,22)16-5-7-24(11-16)10-13-1-3-17-14(9-13)2-4-18(23-17)15-6-8-25-12-15/h1-4,9,15-16H,5-8,10-12H2. The number of rotatable bonds is 3. The summed E-state index contributed by atoms with van der Waals surface area (Å²) >= 11 is 0. The molecule has 3 nitrogen and oxygen atoms in total. The zero-order valence-electron chi connectivity index (χ0n) is 13.9. The van der Waals surface area contributed by atoms with Gasteiger partial charge in [0, 0.05) is 36.7 Å². The van der Waals surface area contributed by atoms with E-state index in [1.54, 1.807) is 0 Å². The highest BCUT2D eigenvalue weighted by atomic mass is 19.4. The molecule has 134 valence electrons. The lowest BCUT2D eigenvalue weighted by molar-refractivity contribution is -0.170. The smallest absolute Gasteiger partial charge is 0.381 e. The fourth-order valence-corrected chi connectivity index (χ4v) is 3.79. The van der Waals surface area contributed by atoms with E-state index in [1.165, 1.54) is 0 Å². The van der Waals surface area contributed by atoms with Gasteiger partial charge in [0.1, 0.15) is 0 Å². The van der Waals surface area contributed by atoms with Crippen LogP contribution in [0.15, 0.2) is 30.3 Å². The Hall–Kier alpha value is -1.66.